The molecule has 9 heteroatoms. The van der Waals surface area contributed by atoms with Gasteiger partial charge < -0.3 is 19.1 Å². The van der Waals surface area contributed by atoms with Crippen LogP contribution in [-0.4, -0.2) is 74.4 Å². The molecule has 0 aliphatic carbocycles. The van der Waals surface area contributed by atoms with E-state index in [1.165, 1.54) is 13.8 Å². The molecular weight excluding hydrogens is 336 g/mol. The summed E-state index contributed by atoms with van der Waals surface area (Å²) in [7, 11) is -0.654. The first-order valence-corrected chi connectivity index (χ1v) is 9.10. The largest absolute Gasteiger partial charge is 0.748 e. The molecule has 0 unspecified atom stereocenters. The van der Waals surface area contributed by atoms with E-state index in [0.717, 1.165) is 0 Å². The van der Waals surface area contributed by atoms with Crippen molar-refractivity contribution in [3.8, 4) is 0 Å². The molecule has 0 radical (unpaired) electrons. The number of carbonyl (C=O) groups is 2. The maximum atomic E-state index is 11.9. The van der Waals surface area contributed by atoms with Gasteiger partial charge in [0.05, 0.1) is 42.9 Å². The fraction of sp³-hybridized carbons (Fsp3) is 0.733. The number of esters is 1. The molecule has 24 heavy (non-hydrogen) atoms. The first-order chi connectivity index (χ1) is 10.6. The van der Waals surface area contributed by atoms with Gasteiger partial charge in [0.15, 0.2) is 0 Å². The predicted octanol–water partition coefficient (Wildman–Crippen LogP) is 0.0122. The number of ether oxygens (including phenoxy) is 1. The number of quaternary nitrogens is 1. The van der Waals surface area contributed by atoms with Crippen LogP contribution in [-0.2, 0) is 24.4 Å². The molecule has 0 fully saturated rings. The van der Waals surface area contributed by atoms with E-state index in [1.54, 1.807) is 6.92 Å². The fourth-order valence-electron chi connectivity index (χ4n) is 1.94. The average Bonchev–Trinajstić information content (AvgIpc) is 2.32. The maximum absolute atomic E-state index is 11.9. The van der Waals surface area contributed by atoms with Crippen LogP contribution in [0.15, 0.2) is 12.2 Å². The van der Waals surface area contributed by atoms with Gasteiger partial charge in [0.25, 0.3) is 0 Å². The number of carbonyl (C=O) groups excluding carboxylic acids is 2. The Balaban J connectivity index is 4.32. The van der Waals surface area contributed by atoms with Gasteiger partial charge in [0, 0.05) is 11.1 Å². The predicted molar refractivity (Wildman–Crippen MR) is 89.0 cm³/mol. The lowest BCUT2D eigenvalue weighted by Crippen LogP contribution is -2.50. The summed E-state index contributed by atoms with van der Waals surface area (Å²) >= 11 is 0. The highest BCUT2D eigenvalue weighted by Crippen LogP contribution is 2.07. The van der Waals surface area contributed by atoms with Crippen molar-refractivity contribution in [2.24, 2.45) is 0 Å². The quantitative estimate of drug-likeness (QED) is 0.253. The van der Waals surface area contributed by atoms with Crippen LogP contribution < -0.4 is 5.32 Å². The molecule has 0 heterocycles. The Morgan fingerprint density at radius 3 is 2.25 bits per heavy atom. The van der Waals surface area contributed by atoms with Crippen LogP contribution in [0.4, 0.5) is 0 Å². The summed E-state index contributed by atoms with van der Waals surface area (Å²) in [4.78, 5) is 23.2. The third-order valence-corrected chi connectivity index (χ3v) is 4.31. The van der Waals surface area contributed by atoms with Gasteiger partial charge in [0.2, 0.25) is 5.91 Å². The highest BCUT2D eigenvalue weighted by Gasteiger charge is 2.25. The number of nitrogens with zero attached hydrogens (tertiary/aromatic N) is 1. The first-order valence-electron chi connectivity index (χ1n) is 7.53. The van der Waals surface area contributed by atoms with Crippen LogP contribution in [0, 0.1) is 0 Å². The number of hydrogen-bond acceptors (Lipinski definition) is 6. The van der Waals surface area contributed by atoms with E-state index in [2.05, 4.69) is 11.9 Å². The minimum Gasteiger partial charge on any atom is -0.748 e. The Morgan fingerprint density at radius 2 is 1.79 bits per heavy atom. The Labute approximate surface area is 144 Å². The molecule has 0 aromatic carbocycles. The third kappa shape index (κ3) is 11.1. The van der Waals surface area contributed by atoms with E-state index < -0.39 is 27.4 Å². The second-order valence-corrected chi connectivity index (χ2v) is 8.59. The fourth-order valence-corrected chi connectivity index (χ4v) is 2.90. The van der Waals surface area contributed by atoms with Crippen molar-refractivity contribution in [3.05, 3.63) is 12.2 Å². The minimum absolute atomic E-state index is 0.157. The summed E-state index contributed by atoms with van der Waals surface area (Å²) in [5.41, 5.74) is -0.790. The van der Waals surface area contributed by atoms with Crippen LogP contribution in [0.5, 0.6) is 0 Å². The molecule has 140 valence electrons. The summed E-state index contributed by atoms with van der Waals surface area (Å²) in [6, 6.07) is 0. The molecule has 0 saturated heterocycles. The molecule has 0 aliphatic heterocycles. The minimum atomic E-state index is -4.42. The topological polar surface area (TPSA) is 113 Å². The summed E-state index contributed by atoms with van der Waals surface area (Å²) in [6.07, 6.45) is 0.157. The van der Waals surface area contributed by atoms with Gasteiger partial charge in [-0.3, -0.25) is 4.79 Å². The van der Waals surface area contributed by atoms with Crippen LogP contribution in [0.25, 0.3) is 0 Å². The van der Waals surface area contributed by atoms with E-state index >= 15 is 0 Å². The van der Waals surface area contributed by atoms with Gasteiger partial charge in [-0.2, -0.15) is 0 Å². The number of nitrogens with one attached hydrogen (secondary N) is 1. The van der Waals surface area contributed by atoms with Crippen molar-refractivity contribution in [1.82, 2.24) is 5.32 Å². The van der Waals surface area contributed by atoms with Crippen molar-refractivity contribution in [3.63, 3.8) is 0 Å². The van der Waals surface area contributed by atoms with E-state index in [9.17, 15) is 22.6 Å². The second-order valence-electron chi connectivity index (χ2n) is 7.18. The second kappa shape index (κ2) is 8.59. The molecule has 0 atom stereocenters. The average molecular weight is 364 g/mol. The van der Waals surface area contributed by atoms with Gasteiger partial charge in [0.1, 0.15) is 13.2 Å². The number of likely N-dealkylation sites (N-methyl/N-ethyl adjacent to an activating group) is 1. The summed E-state index contributed by atoms with van der Waals surface area (Å²) in [6.45, 7) is 9.22. The Bertz CT molecular complexity index is 581. The number of hydrogen-bond donors (Lipinski definition) is 1. The Kier molecular flexibility index (Phi) is 8.07. The van der Waals surface area contributed by atoms with Crippen LogP contribution in [0.2, 0.25) is 0 Å². The van der Waals surface area contributed by atoms with Gasteiger partial charge >= 0.3 is 5.97 Å². The molecule has 0 aromatic heterocycles. The molecule has 0 bridgehead atoms. The van der Waals surface area contributed by atoms with Crippen molar-refractivity contribution in [2.45, 2.75) is 32.7 Å². The number of rotatable bonds is 10. The van der Waals surface area contributed by atoms with Gasteiger partial charge in [-0.1, -0.05) is 6.58 Å². The van der Waals surface area contributed by atoms with Crippen molar-refractivity contribution in [1.29, 1.82) is 0 Å². The molecule has 0 saturated carbocycles. The monoisotopic (exact) mass is 364 g/mol. The zero-order valence-corrected chi connectivity index (χ0v) is 15.9. The third-order valence-electron chi connectivity index (χ3n) is 3.24. The highest BCUT2D eigenvalue weighted by atomic mass is 32.2. The number of amides is 1. The lowest BCUT2D eigenvalue weighted by atomic mass is 10.1. The van der Waals surface area contributed by atoms with Gasteiger partial charge in [-0.25, -0.2) is 13.2 Å². The zero-order valence-electron chi connectivity index (χ0n) is 15.0. The van der Waals surface area contributed by atoms with Crippen LogP contribution >= 0.6 is 0 Å². The molecule has 1 amide bonds. The molecular formula is C15H28N2O6S. The summed E-state index contributed by atoms with van der Waals surface area (Å²) < 4.78 is 37.9. The normalized spacial score (nSPS) is 12.6. The van der Waals surface area contributed by atoms with E-state index in [4.69, 9.17) is 4.74 Å². The van der Waals surface area contributed by atoms with E-state index in [-0.39, 0.29) is 18.9 Å². The SMILES string of the molecule is C=C(C)C(=O)OCC[N+](C)(C)CCC(=O)NC(C)(C)CS(=O)(=O)[O-]. The molecule has 0 spiro atoms. The Hall–Kier alpha value is -1.45. The molecule has 0 rings (SSSR count). The molecule has 0 aliphatic rings. The van der Waals surface area contributed by atoms with Crippen molar-refractivity contribution < 1.29 is 31.8 Å². The molecule has 8 nitrogen and oxygen atoms in total. The van der Waals surface area contributed by atoms with Crippen LogP contribution in [0.3, 0.4) is 0 Å². The van der Waals surface area contributed by atoms with Gasteiger partial charge in [-0.15, -0.1) is 0 Å². The van der Waals surface area contributed by atoms with E-state index in [1.807, 2.05) is 14.1 Å². The first kappa shape index (κ1) is 22.6. The van der Waals surface area contributed by atoms with Crippen molar-refractivity contribution >= 4 is 22.0 Å². The molecule has 0 aromatic rings. The lowest BCUT2D eigenvalue weighted by molar-refractivity contribution is -0.889. The van der Waals surface area contributed by atoms with Gasteiger partial charge in [-0.05, 0) is 20.8 Å². The zero-order chi connectivity index (χ0) is 19.2. The summed E-state index contributed by atoms with van der Waals surface area (Å²) in [5.74, 6) is -1.46. The highest BCUT2D eigenvalue weighted by molar-refractivity contribution is 7.85. The molecule has 1 N–H and O–H groups in total. The van der Waals surface area contributed by atoms with Crippen molar-refractivity contribution in [2.75, 3.05) is 39.5 Å². The standard InChI is InChI=1S/C15H28N2O6S/c1-12(2)14(19)23-10-9-17(5,6)8-7-13(18)16-15(3,4)11-24(20,21)22/h1,7-11H2,2-6H3,(H-,16,18,20,21,22). The summed E-state index contributed by atoms with van der Waals surface area (Å²) in [5, 5.41) is 2.55. The van der Waals surface area contributed by atoms with Crippen LogP contribution in [0.1, 0.15) is 27.2 Å². The van der Waals surface area contributed by atoms with E-state index in [0.29, 0.717) is 23.1 Å². The maximum Gasteiger partial charge on any atom is 0.333 e. The smallest absolute Gasteiger partial charge is 0.333 e. The lowest BCUT2D eigenvalue weighted by Gasteiger charge is -2.31. The Morgan fingerprint density at radius 1 is 1.25 bits per heavy atom.